The number of nitrogen functional groups attached to an aromatic ring is 1. The van der Waals surface area contributed by atoms with Gasteiger partial charge in [0.05, 0.1) is 10.4 Å². The lowest BCUT2D eigenvalue weighted by Crippen LogP contribution is -2.08. The van der Waals surface area contributed by atoms with Gasteiger partial charge in [0.25, 0.3) is 0 Å². The van der Waals surface area contributed by atoms with Crippen LogP contribution in [0.5, 0.6) is 0 Å². The zero-order valence-electron chi connectivity index (χ0n) is 9.46. The summed E-state index contributed by atoms with van der Waals surface area (Å²) in [5.41, 5.74) is 6.39. The van der Waals surface area contributed by atoms with Gasteiger partial charge < -0.3 is 5.73 Å². The number of nitrogens with zero attached hydrogens (tertiary/aromatic N) is 6. The summed E-state index contributed by atoms with van der Waals surface area (Å²) in [6, 6.07) is 7.05. The lowest BCUT2D eigenvalue weighted by Gasteiger charge is -2.02. The van der Waals surface area contributed by atoms with Crippen molar-refractivity contribution in [2.24, 2.45) is 0 Å². The Bertz CT molecular complexity index is 782. The SMILES string of the molecule is Nc1ncc([N+](=O)[O-])c(-n2nnc3ccccc32)n1. The molecule has 0 spiro atoms. The maximum atomic E-state index is 11.0. The van der Waals surface area contributed by atoms with Crippen molar-refractivity contribution in [3.8, 4) is 5.82 Å². The molecule has 0 saturated heterocycles. The van der Waals surface area contributed by atoms with E-state index >= 15 is 0 Å². The third kappa shape index (κ3) is 1.73. The van der Waals surface area contributed by atoms with E-state index in [1.54, 1.807) is 24.3 Å². The first-order valence-electron chi connectivity index (χ1n) is 5.24. The number of nitrogens with two attached hydrogens (primary N) is 1. The second-order valence-corrected chi connectivity index (χ2v) is 3.68. The van der Waals surface area contributed by atoms with E-state index < -0.39 is 4.92 Å². The molecule has 2 N–H and O–H groups in total. The molecule has 19 heavy (non-hydrogen) atoms. The first-order valence-corrected chi connectivity index (χ1v) is 5.24. The van der Waals surface area contributed by atoms with E-state index in [4.69, 9.17) is 5.73 Å². The Hall–Kier alpha value is -3.10. The van der Waals surface area contributed by atoms with Gasteiger partial charge in [-0.25, -0.2) is 4.98 Å². The topological polar surface area (TPSA) is 126 Å². The largest absolute Gasteiger partial charge is 0.368 e. The maximum Gasteiger partial charge on any atom is 0.332 e. The fraction of sp³-hybridized carbons (Fsp3) is 0. The molecule has 0 unspecified atom stereocenters. The van der Waals surface area contributed by atoms with Crippen molar-refractivity contribution in [2.75, 3.05) is 5.73 Å². The first-order chi connectivity index (χ1) is 9.16. The van der Waals surface area contributed by atoms with E-state index in [-0.39, 0.29) is 17.5 Å². The molecule has 0 fully saturated rings. The highest BCUT2D eigenvalue weighted by Gasteiger charge is 2.21. The average Bonchev–Trinajstić information content (AvgIpc) is 2.82. The molecule has 3 rings (SSSR count). The molecule has 9 nitrogen and oxygen atoms in total. The van der Waals surface area contributed by atoms with Crippen molar-refractivity contribution >= 4 is 22.7 Å². The third-order valence-corrected chi connectivity index (χ3v) is 2.52. The van der Waals surface area contributed by atoms with Crippen LogP contribution in [0.1, 0.15) is 0 Å². The maximum absolute atomic E-state index is 11.0. The molecule has 0 aliphatic heterocycles. The van der Waals surface area contributed by atoms with Crippen LogP contribution in [0, 0.1) is 10.1 Å². The average molecular weight is 257 g/mol. The van der Waals surface area contributed by atoms with Crippen LogP contribution in [0.4, 0.5) is 11.6 Å². The number of para-hydroxylation sites is 1. The Morgan fingerprint density at radius 2 is 2.11 bits per heavy atom. The summed E-state index contributed by atoms with van der Waals surface area (Å²) in [6.07, 6.45) is 1.05. The van der Waals surface area contributed by atoms with E-state index in [0.717, 1.165) is 6.20 Å². The fourth-order valence-corrected chi connectivity index (χ4v) is 1.69. The minimum atomic E-state index is -0.592. The van der Waals surface area contributed by atoms with Gasteiger partial charge in [-0.2, -0.15) is 9.67 Å². The monoisotopic (exact) mass is 257 g/mol. The van der Waals surface area contributed by atoms with Crippen molar-refractivity contribution in [3.63, 3.8) is 0 Å². The lowest BCUT2D eigenvalue weighted by atomic mass is 10.3. The molecule has 0 saturated carbocycles. The van der Waals surface area contributed by atoms with Crippen LogP contribution >= 0.6 is 0 Å². The predicted octanol–water partition coefficient (Wildman–Crippen LogP) is 0.701. The van der Waals surface area contributed by atoms with Gasteiger partial charge in [0, 0.05) is 0 Å². The summed E-state index contributed by atoms with van der Waals surface area (Å²) in [7, 11) is 0. The predicted molar refractivity (Wildman–Crippen MR) is 65.5 cm³/mol. The quantitative estimate of drug-likeness (QED) is 0.528. The van der Waals surface area contributed by atoms with Gasteiger partial charge in [-0.05, 0) is 12.1 Å². The Morgan fingerprint density at radius 1 is 1.32 bits per heavy atom. The number of rotatable bonds is 2. The number of hydrogen-bond donors (Lipinski definition) is 1. The van der Waals surface area contributed by atoms with Gasteiger partial charge in [-0.3, -0.25) is 10.1 Å². The zero-order valence-corrected chi connectivity index (χ0v) is 9.46. The summed E-state index contributed by atoms with van der Waals surface area (Å²) in [5.74, 6) is -0.0774. The highest BCUT2D eigenvalue weighted by atomic mass is 16.6. The van der Waals surface area contributed by atoms with Crippen molar-refractivity contribution in [2.45, 2.75) is 0 Å². The molecule has 94 valence electrons. The molecule has 9 heteroatoms. The van der Waals surface area contributed by atoms with Gasteiger partial charge in [-0.1, -0.05) is 17.3 Å². The summed E-state index contributed by atoms with van der Waals surface area (Å²) in [5, 5.41) is 18.8. The van der Waals surface area contributed by atoms with Gasteiger partial charge in [0.2, 0.25) is 11.8 Å². The molecule has 0 aliphatic rings. The highest BCUT2D eigenvalue weighted by molar-refractivity contribution is 5.76. The second-order valence-electron chi connectivity index (χ2n) is 3.68. The Kier molecular flexibility index (Phi) is 2.31. The van der Waals surface area contributed by atoms with Crippen LogP contribution in [0.15, 0.2) is 30.5 Å². The molecule has 0 bridgehead atoms. The number of aromatic nitrogens is 5. The number of benzene rings is 1. The fourth-order valence-electron chi connectivity index (χ4n) is 1.69. The smallest absolute Gasteiger partial charge is 0.332 e. The molecular weight excluding hydrogens is 250 g/mol. The van der Waals surface area contributed by atoms with E-state index in [9.17, 15) is 10.1 Å². The zero-order chi connectivity index (χ0) is 13.4. The van der Waals surface area contributed by atoms with E-state index in [2.05, 4.69) is 20.3 Å². The summed E-state index contributed by atoms with van der Waals surface area (Å²) >= 11 is 0. The Labute approximate surface area is 105 Å². The van der Waals surface area contributed by atoms with Gasteiger partial charge in [0.15, 0.2) is 0 Å². The minimum absolute atomic E-state index is 0.00815. The van der Waals surface area contributed by atoms with Crippen LogP contribution < -0.4 is 5.73 Å². The molecule has 0 radical (unpaired) electrons. The third-order valence-electron chi connectivity index (χ3n) is 2.52. The standard InChI is InChI=1S/C10H7N7O2/c11-10-12-5-8(17(18)19)9(13-10)16-7-4-2-1-3-6(7)14-15-16/h1-5H,(H2,11,12,13). The van der Waals surface area contributed by atoms with Gasteiger partial charge in [-0.15, -0.1) is 5.10 Å². The van der Waals surface area contributed by atoms with E-state index in [1.165, 1.54) is 4.68 Å². The normalized spacial score (nSPS) is 10.7. The van der Waals surface area contributed by atoms with Crippen LogP contribution in [0.2, 0.25) is 0 Å². The second kappa shape index (κ2) is 3.98. The number of nitro groups is 1. The van der Waals surface area contributed by atoms with Crippen LogP contribution in [-0.4, -0.2) is 29.9 Å². The molecule has 2 heterocycles. The lowest BCUT2D eigenvalue weighted by molar-refractivity contribution is -0.385. The van der Waals surface area contributed by atoms with E-state index in [1.807, 2.05) is 0 Å². The van der Waals surface area contributed by atoms with Gasteiger partial charge in [0.1, 0.15) is 11.7 Å². The van der Waals surface area contributed by atoms with Crippen molar-refractivity contribution in [1.82, 2.24) is 25.0 Å². The van der Waals surface area contributed by atoms with Crippen molar-refractivity contribution < 1.29 is 4.92 Å². The number of hydrogen-bond acceptors (Lipinski definition) is 7. The molecule has 1 aromatic carbocycles. The minimum Gasteiger partial charge on any atom is -0.368 e. The Balaban J connectivity index is 2.32. The first kappa shape index (κ1) is 11.0. The van der Waals surface area contributed by atoms with Crippen LogP contribution in [-0.2, 0) is 0 Å². The highest BCUT2D eigenvalue weighted by Crippen LogP contribution is 2.22. The number of fused-ring (bicyclic) bond motifs is 1. The summed E-state index contributed by atoms with van der Waals surface area (Å²) in [6.45, 7) is 0. The van der Waals surface area contributed by atoms with Gasteiger partial charge >= 0.3 is 5.69 Å². The van der Waals surface area contributed by atoms with Crippen LogP contribution in [0.25, 0.3) is 16.9 Å². The molecular formula is C10H7N7O2. The van der Waals surface area contributed by atoms with Crippen LogP contribution in [0.3, 0.4) is 0 Å². The van der Waals surface area contributed by atoms with Crippen molar-refractivity contribution in [3.05, 3.63) is 40.6 Å². The molecule has 0 amide bonds. The molecule has 0 atom stereocenters. The van der Waals surface area contributed by atoms with Crippen molar-refractivity contribution in [1.29, 1.82) is 0 Å². The molecule has 0 aliphatic carbocycles. The number of anilines is 1. The summed E-state index contributed by atoms with van der Waals surface area (Å²) in [4.78, 5) is 17.9. The Morgan fingerprint density at radius 3 is 2.89 bits per heavy atom. The summed E-state index contributed by atoms with van der Waals surface area (Å²) < 4.78 is 1.27. The molecule has 2 aromatic heterocycles. The molecule has 3 aromatic rings. The van der Waals surface area contributed by atoms with E-state index in [0.29, 0.717) is 11.0 Å².